The van der Waals surface area contributed by atoms with E-state index < -0.39 is 121 Å². The van der Waals surface area contributed by atoms with Gasteiger partial charge in [0.2, 0.25) is 41.4 Å². The van der Waals surface area contributed by atoms with Crippen molar-refractivity contribution in [2.45, 2.75) is 128 Å². The van der Waals surface area contributed by atoms with Crippen molar-refractivity contribution in [3.05, 3.63) is 0 Å². The fourth-order valence-corrected chi connectivity index (χ4v) is 5.65. The van der Waals surface area contributed by atoms with Crippen LogP contribution in [-0.4, -0.2) is 118 Å². The van der Waals surface area contributed by atoms with Crippen molar-refractivity contribution in [2.75, 3.05) is 13.2 Å². The molecule has 0 aliphatic heterocycles. The molecule has 0 bridgehead atoms. The first-order chi connectivity index (χ1) is 24.3. The molecule has 0 radical (unpaired) electrons. The Labute approximate surface area is 303 Å². The van der Waals surface area contributed by atoms with Crippen LogP contribution in [0.15, 0.2) is 0 Å². The van der Waals surface area contributed by atoms with E-state index in [1.165, 1.54) is 6.92 Å². The molecule has 52 heavy (non-hydrogen) atoms. The first-order valence-corrected chi connectivity index (χ1v) is 17.6. The summed E-state index contributed by atoms with van der Waals surface area (Å²) in [5.41, 5.74) is 11.3. The third-order valence-electron chi connectivity index (χ3n) is 8.77. The van der Waals surface area contributed by atoms with Gasteiger partial charge in [0.25, 0.3) is 0 Å². The maximum Gasteiger partial charge on any atom is 0.303 e. The summed E-state index contributed by atoms with van der Waals surface area (Å²) in [4.78, 5) is 101. The van der Waals surface area contributed by atoms with Gasteiger partial charge in [-0.05, 0) is 37.5 Å². The summed E-state index contributed by atoms with van der Waals surface area (Å²) in [6.45, 7) is 6.22. The van der Waals surface area contributed by atoms with Crippen molar-refractivity contribution >= 4 is 47.3 Å². The summed E-state index contributed by atoms with van der Waals surface area (Å²) in [5, 5.41) is 43.2. The number of carbonyl (C=O) groups excluding carboxylic acids is 7. The molecule has 7 atom stereocenters. The maximum absolute atomic E-state index is 13.3. The number of primary amides is 1. The molecule has 19 heteroatoms. The highest BCUT2D eigenvalue weighted by molar-refractivity contribution is 5.96. The Morgan fingerprint density at radius 1 is 0.692 bits per heavy atom. The molecule has 296 valence electrons. The van der Waals surface area contributed by atoms with Gasteiger partial charge in [-0.1, -0.05) is 59.8 Å². The molecule has 1 rings (SSSR count). The van der Waals surface area contributed by atoms with Gasteiger partial charge in [-0.3, -0.25) is 38.4 Å². The van der Waals surface area contributed by atoms with Crippen molar-refractivity contribution in [2.24, 2.45) is 29.2 Å². The number of aliphatic hydroxyl groups excluding tert-OH is 2. The lowest BCUT2D eigenvalue weighted by molar-refractivity contribution is -0.139. The zero-order valence-electron chi connectivity index (χ0n) is 30.6. The molecule has 0 spiro atoms. The maximum atomic E-state index is 13.3. The fourth-order valence-electron chi connectivity index (χ4n) is 5.65. The average Bonchev–Trinajstić information content (AvgIpc) is 3.07. The van der Waals surface area contributed by atoms with Gasteiger partial charge in [-0.15, -0.1) is 0 Å². The van der Waals surface area contributed by atoms with Crippen LogP contribution in [0.25, 0.3) is 0 Å². The number of amides is 7. The van der Waals surface area contributed by atoms with E-state index in [1.807, 2.05) is 0 Å². The van der Waals surface area contributed by atoms with Gasteiger partial charge in [-0.2, -0.15) is 0 Å². The molecule has 0 aromatic heterocycles. The molecule has 0 aromatic rings. The van der Waals surface area contributed by atoms with Crippen molar-refractivity contribution in [3.63, 3.8) is 0 Å². The molecule has 0 heterocycles. The van der Waals surface area contributed by atoms with Gasteiger partial charge < -0.3 is 58.7 Å². The van der Waals surface area contributed by atoms with Crippen LogP contribution in [0.5, 0.6) is 0 Å². The number of carbonyl (C=O) groups is 8. The average molecular weight is 743 g/mol. The van der Waals surface area contributed by atoms with Gasteiger partial charge >= 0.3 is 5.97 Å². The van der Waals surface area contributed by atoms with Crippen LogP contribution >= 0.6 is 0 Å². The predicted molar refractivity (Wildman–Crippen MR) is 186 cm³/mol. The topological polar surface area (TPSA) is 321 Å². The van der Waals surface area contributed by atoms with Crippen LogP contribution in [0.4, 0.5) is 0 Å². The minimum Gasteiger partial charge on any atom is -0.481 e. The van der Waals surface area contributed by atoms with E-state index in [4.69, 9.17) is 11.5 Å². The third-order valence-corrected chi connectivity index (χ3v) is 8.77. The summed E-state index contributed by atoms with van der Waals surface area (Å²) in [6, 6.07) is -7.80. The Morgan fingerprint density at radius 3 is 1.71 bits per heavy atom. The first kappa shape index (κ1) is 45.7. The molecule has 1 saturated carbocycles. The molecular formula is C33H58N8O11. The molecule has 0 aromatic carbocycles. The highest BCUT2D eigenvalue weighted by Crippen LogP contribution is 2.27. The summed E-state index contributed by atoms with van der Waals surface area (Å²) in [5.74, 6) is -7.99. The number of aliphatic carboxylic acids is 1. The highest BCUT2D eigenvalue weighted by Gasteiger charge is 2.35. The van der Waals surface area contributed by atoms with Crippen LogP contribution in [0.1, 0.15) is 86.0 Å². The Bertz CT molecular complexity index is 1260. The second-order valence-electron chi connectivity index (χ2n) is 14.0. The van der Waals surface area contributed by atoms with Crippen LogP contribution in [0.2, 0.25) is 0 Å². The Hall–Kier alpha value is -4.36. The van der Waals surface area contributed by atoms with Gasteiger partial charge in [0, 0.05) is 6.42 Å². The van der Waals surface area contributed by atoms with E-state index >= 15 is 0 Å². The summed E-state index contributed by atoms with van der Waals surface area (Å²) >= 11 is 0. The number of rotatable bonds is 22. The number of hydrogen-bond donors (Lipinski definition) is 11. The van der Waals surface area contributed by atoms with Gasteiger partial charge in [-0.25, -0.2) is 0 Å². The first-order valence-electron chi connectivity index (χ1n) is 17.6. The smallest absolute Gasteiger partial charge is 0.303 e. The summed E-state index contributed by atoms with van der Waals surface area (Å²) in [6.07, 6.45) is 3.11. The summed E-state index contributed by atoms with van der Waals surface area (Å²) in [7, 11) is 0. The van der Waals surface area contributed by atoms with E-state index in [0.29, 0.717) is 6.42 Å². The molecule has 1 aliphatic carbocycles. The Kier molecular flexibility index (Phi) is 19.8. The lowest BCUT2D eigenvalue weighted by Gasteiger charge is -2.28. The third kappa shape index (κ3) is 15.9. The molecular weight excluding hydrogens is 684 g/mol. The Balaban J connectivity index is 2.95. The second kappa shape index (κ2) is 22.5. The number of nitrogens with two attached hydrogens (primary N) is 2. The van der Waals surface area contributed by atoms with Crippen LogP contribution in [0.3, 0.4) is 0 Å². The van der Waals surface area contributed by atoms with E-state index in [0.717, 1.165) is 32.1 Å². The molecule has 0 unspecified atom stereocenters. The molecule has 7 amide bonds. The normalized spacial score (nSPS) is 17.3. The lowest BCUT2D eigenvalue weighted by Crippen LogP contribution is -2.61. The van der Waals surface area contributed by atoms with Crippen LogP contribution < -0.4 is 43.4 Å². The molecule has 13 N–H and O–H groups in total. The van der Waals surface area contributed by atoms with Crippen LogP contribution in [0, 0.1) is 17.8 Å². The molecule has 0 saturated heterocycles. The quantitative estimate of drug-likeness (QED) is 0.0524. The van der Waals surface area contributed by atoms with Gasteiger partial charge in [0.1, 0.15) is 30.2 Å². The monoisotopic (exact) mass is 742 g/mol. The zero-order valence-corrected chi connectivity index (χ0v) is 30.6. The van der Waals surface area contributed by atoms with E-state index in [-0.39, 0.29) is 12.3 Å². The Morgan fingerprint density at radius 2 is 1.21 bits per heavy atom. The number of carboxylic acids is 1. The number of nitrogens with one attached hydrogen (secondary N) is 6. The van der Waals surface area contributed by atoms with Crippen molar-refractivity contribution in [1.29, 1.82) is 0 Å². The van der Waals surface area contributed by atoms with Gasteiger partial charge in [0.15, 0.2) is 0 Å². The number of aliphatic hydroxyl groups is 2. The highest BCUT2D eigenvalue weighted by atomic mass is 16.4. The predicted octanol–water partition coefficient (Wildman–Crippen LogP) is -3.14. The summed E-state index contributed by atoms with van der Waals surface area (Å²) < 4.78 is 0. The largest absolute Gasteiger partial charge is 0.481 e. The van der Waals surface area contributed by atoms with E-state index in [1.54, 1.807) is 27.7 Å². The van der Waals surface area contributed by atoms with Crippen molar-refractivity contribution in [1.82, 2.24) is 31.9 Å². The number of hydrogen-bond acceptors (Lipinski definition) is 11. The van der Waals surface area contributed by atoms with Crippen molar-refractivity contribution < 1.29 is 53.7 Å². The van der Waals surface area contributed by atoms with Gasteiger partial charge in [0.05, 0.1) is 25.3 Å². The second-order valence-corrected chi connectivity index (χ2v) is 14.0. The molecule has 1 aliphatic rings. The molecule has 19 nitrogen and oxygen atoms in total. The minimum absolute atomic E-state index is 0.253. The zero-order chi connectivity index (χ0) is 39.7. The molecule has 1 fully saturated rings. The SMILES string of the molecule is CC(C)[C@H](NC(=O)CNC(=O)[C@@H](NC(=O)[C@@H](NC(=O)[C@H](CCC(=O)O)NC(=O)[C@@H](N)CC1CCCCC1)[C@@H](C)O)C(C)C)C(=O)N[C@@H](CO)C(N)=O. The minimum atomic E-state index is -1.64. The van der Waals surface area contributed by atoms with E-state index in [9.17, 15) is 53.7 Å². The van der Waals surface area contributed by atoms with Crippen molar-refractivity contribution in [3.8, 4) is 0 Å². The number of carboxylic acid groups (broad SMARTS) is 1. The lowest BCUT2D eigenvalue weighted by atomic mass is 9.85. The van der Waals surface area contributed by atoms with E-state index in [2.05, 4.69) is 31.9 Å². The fraction of sp³-hybridized carbons (Fsp3) is 0.758. The standard InChI is InChI=1S/C33H58N8O11/c1-16(2)25(31(50)36-14-23(44)39-26(17(3)4)32(51)38-22(15-42)28(35)47)40-33(52)27(18(5)43)41-30(49)21(11-12-24(45)46)37-29(48)20(34)13-19-9-7-6-8-10-19/h16-22,25-27,42-43H,6-15,34H2,1-5H3,(H2,35,47)(H,36,50)(H,37,48)(H,38,51)(H,39,44)(H,40,52)(H,41,49)(H,45,46)/t18-,20+,21+,22+,25+,26+,27+/m1/s1. The van der Waals surface area contributed by atoms with Crippen LogP contribution in [-0.2, 0) is 38.4 Å².